The van der Waals surface area contributed by atoms with E-state index in [1.807, 2.05) is 54.6 Å². The lowest BCUT2D eigenvalue weighted by molar-refractivity contribution is 0.244. The first-order valence-electron chi connectivity index (χ1n) is 9.90. The number of rotatable bonds is 4. The number of fused-ring (bicyclic) bond motifs is 1. The Balaban J connectivity index is 1.33. The topological polar surface area (TPSA) is 49.0 Å². The van der Waals surface area contributed by atoms with Crippen LogP contribution in [-0.4, -0.2) is 21.4 Å². The third-order valence-electron chi connectivity index (χ3n) is 5.36. The van der Waals surface area contributed by atoms with Crippen molar-refractivity contribution in [2.75, 3.05) is 6.54 Å². The Bertz CT molecular complexity index is 1230. The second-order valence-corrected chi connectivity index (χ2v) is 9.04. The molecule has 0 amide bonds. The summed E-state index contributed by atoms with van der Waals surface area (Å²) in [5.41, 5.74) is 3.79. The van der Waals surface area contributed by atoms with Gasteiger partial charge in [0, 0.05) is 46.4 Å². The van der Waals surface area contributed by atoms with E-state index < -0.39 is 0 Å². The minimum atomic E-state index is -0.0309. The van der Waals surface area contributed by atoms with Crippen molar-refractivity contribution in [3.05, 3.63) is 98.2 Å². The molecule has 0 aliphatic carbocycles. The number of aromatic nitrogens is 2. The van der Waals surface area contributed by atoms with E-state index in [1.54, 1.807) is 11.3 Å². The maximum absolute atomic E-state index is 12.7. The average molecular weight is 434 g/mol. The molecule has 0 radical (unpaired) electrons. The Kier molecular flexibility index (Phi) is 5.25. The quantitative estimate of drug-likeness (QED) is 0.470. The number of nitrogens with zero attached hydrogens (tertiary/aromatic N) is 2. The number of thiophene rings is 1. The Morgan fingerprint density at radius 1 is 1.00 bits per heavy atom. The number of hydrogen-bond acceptors (Lipinski definition) is 4. The number of benzene rings is 2. The first-order valence-corrected chi connectivity index (χ1v) is 11.1. The van der Waals surface area contributed by atoms with Gasteiger partial charge in [-0.05, 0) is 29.8 Å². The van der Waals surface area contributed by atoms with Gasteiger partial charge in [-0.2, -0.15) is 0 Å². The summed E-state index contributed by atoms with van der Waals surface area (Å²) in [4.78, 5) is 25.3. The van der Waals surface area contributed by atoms with Crippen LogP contribution in [0.3, 0.4) is 0 Å². The SMILES string of the molecule is O=c1[nH]c(-c2ccccc2)nc2c1CN(Cc1ccc(-c3ccc(Cl)cc3)s1)CC2. The summed E-state index contributed by atoms with van der Waals surface area (Å²) < 4.78 is 0. The molecule has 5 rings (SSSR count). The van der Waals surface area contributed by atoms with Crippen molar-refractivity contribution in [3.8, 4) is 21.8 Å². The fourth-order valence-corrected chi connectivity index (χ4v) is 4.98. The van der Waals surface area contributed by atoms with Gasteiger partial charge in [-0.3, -0.25) is 9.69 Å². The highest BCUT2D eigenvalue weighted by Gasteiger charge is 2.22. The Hall–Kier alpha value is -2.73. The van der Waals surface area contributed by atoms with E-state index in [2.05, 4.69) is 22.0 Å². The van der Waals surface area contributed by atoms with E-state index in [-0.39, 0.29) is 5.56 Å². The molecule has 0 saturated heterocycles. The number of aromatic amines is 1. The number of nitrogens with one attached hydrogen (secondary N) is 1. The van der Waals surface area contributed by atoms with Gasteiger partial charge < -0.3 is 4.98 Å². The molecule has 0 fully saturated rings. The van der Waals surface area contributed by atoms with E-state index in [4.69, 9.17) is 16.6 Å². The number of halogens is 1. The molecule has 4 nitrogen and oxygen atoms in total. The van der Waals surface area contributed by atoms with Crippen molar-refractivity contribution in [2.45, 2.75) is 19.5 Å². The third kappa shape index (κ3) is 3.97. The molecule has 0 atom stereocenters. The fraction of sp³-hybridized carbons (Fsp3) is 0.167. The zero-order valence-electron chi connectivity index (χ0n) is 16.3. The van der Waals surface area contributed by atoms with Gasteiger partial charge in [-0.1, -0.05) is 54.1 Å². The highest BCUT2D eigenvalue weighted by molar-refractivity contribution is 7.15. The van der Waals surface area contributed by atoms with Crippen LogP contribution in [0.1, 0.15) is 16.1 Å². The second-order valence-electron chi connectivity index (χ2n) is 7.44. The van der Waals surface area contributed by atoms with Crippen LogP contribution in [0.4, 0.5) is 0 Å². The molecule has 0 saturated carbocycles. The second kappa shape index (κ2) is 8.19. The Morgan fingerprint density at radius 2 is 1.80 bits per heavy atom. The van der Waals surface area contributed by atoms with E-state index >= 15 is 0 Å². The first-order chi connectivity index (χ1) is 14.7. The van der Waals surface area contributed by atoms with Crippen LogP contribution in [0.25, 0.3) is 21.8 Å². The standard InChI is InChI=1S/C24H20ClN3OS/c25-18-8-6-16(7-9-18)22-11-10-19(30-22)14-28-13-12-21-20(15-28)24(29)27-23(26-21)17-4-2-1-3-5-17/h1-11H,12-15H2,(H,26,27,29). The lowest BCUT2D eigenvalue weighted by Crippen LogP contribution is -2.35. The van der Waals surface area contributed by atoms with Gasteiger partial charge in [0.25, 0.3) is 5.56 Å². The maximum Gasteiger partial charge on any atom is 0.255 e. The third-order valence-corrected chi connectivity index (χ3v) is 6.74. The lowest BCUT2D eigenvalue weighted by atomic mass is 10.1. The molecule has 4 aromatic rings. The van der Waals surface area contributed by atoms with E-state index in [0.29, 0.717) is 12.4 Å². The predicted molar refractivity (Wildman–Crippen MR) is 123 cm³/mol. The largest absolute Gasteiger partial charge is 0.306 e. The molecular formula is C24H20ClN3OS. The highest BCUT2D eigenvalue weighted by atomic mass is 35.5. The monoisotopic (exact) mass is 433 g/mol. The summed E-state index contributed by atoms with van der Waals surface area (Å²) in [6.45, 7) is 2.35. The van der Waals surface area contributed by atoms with Gasteiger partial charge in [0.2, 0.25) is 0 Å². The maximum atomic E-state index is 12.7. The van der Waals surface area contributed by atoms with Crippen LogP contribution < -0.4 is 5.56 Å². The normalized spacial score (nSPS) is 13.9. The summed E-state index contributed by atoms with van der Waals surface area (Å²) in [5, 5.41) is 0.747. The van der Waals surface area contributed by atoms with Gasteiger partial charge >= 0.3 is 0 Å². The van der Waals surface area contributed by atoms with Crippen LogP contribution in [0, 0.1) is 0 Å². The van der Waals surface area contributed by atoms with E-state index in [0.717, 1.165) is 41.4 Å². The lowest BCUT2D eigenvalue weighted by Gasteiger charge is -2.27. The Labute approximate surface area is 183 Å². The van der Waals surface area contributed by atoms with Crippen LogP contribution in [0.2, 0.25) is 5.02 Å². The molecule has 2 aromatic carbocycles. The molecule has 150 valence electrons. The number of H-pyrrole nitrogens is 1. The van der Waals surface area contributed by atoms with Crippen LogP contribution >= 0.6 is 22.9 Å². The van der Waals surface area contributed by atoms with Crippen molar-refractivity contribution >= 4 is 22.9 Å². The van der Waals surface area contributed by atoms with Crippen molar-refractivity contribution in [2.24, 2.45) is 0 Å². The number of hydrogen-bond donors (Lipinski definition) is 1. The molecule has 1 N–H and O–H groups in total. The molecule has 0 bridgehead atoms. The van der Waals surface area contributed by atoms with Crippen molar-refractivity contribution in [3.63, 3.8) is 0 Å². The van der Waals surface area contributed by atoms with Crippen LogP contribution in [-0.2, 0) is 19.5 Å². The molecule has 30 heavy (non-hydrogen) atoms. The zero-order valence-corrected chi connectivity index (χ0v) is 17.8. The fourth-order valence-electron chi connectivity index (χ4n) is 3.80. The molecule has 1 aliphatic heterocycles. The molecule has 1 aliphatic rings. The zero-order chi connectivity index (χ0) is 20.5. The van der Waals surface area contributed by atoms with Gasteiger partial charge in [0.1, 0.15) is 5.82 Å². The minimum absolute atomic E-state index is 0.0309. The molecule has 6 heteroatoms. The summed E-state index contributed by atoms with van der Waals surface area (Å²) in [6, 6.07) is 22.1. The van der Waals surface area contributed by atoms with Crippen molar-refractivity contribution in [1.82, 2.24) is 14.9 Å². The summed E-state index contributed by atoms with van der Waals surface area (Å²) >= 11 is 7.78. The van der Waals surface area contributed by atoms with Gasteiger partial charge in [0.05, 0.1) is 11.3 Å². The average Bonchev–Trinajstić information content (AvgIpc) is 3.23. The minimum Gasteiger partial charge on any atom is -0.306 e. The predicted octanol–water partition coefficient (Wildman–Crippen LogP) is 5.38. The summed E-state index contributed by atoms with van der Waals surface area (Å²) in [6.07, 6.45) is 0.786. The molecule has 2 aromatic heterocycles. The van der Waals surface area contributed by atoms with E-state index in [1.165, 1.54) is 15.3 Å². The first kappa shape index (κ1) is 19.2. The smallest absolute Gasteiger partial charge is 0.255 e. The summed E-state index contributed by atoms with van der Waals surface area (Å²) in [7, 11) is 0. The highest BCUT2D eigenvalue weighted by Crippen LogP contribution is 2.30. The van der Waals surface area contributed by atoms with Crippen LogP contribution in [0.15, 0.2) is 71.5 Å². The molecule has 3 heterocycles. The molecular weight excluding hydrogens is 414 g/mol. The molecule has 0 unspecified atom stereocenters. The van der Waals surface area contributed by atoms with Gasteiger partial charge in [-0.15, -0.1) is 11.3 Å². The molecule has 0 spiro atoms. The van der Waals surface area contributed by atoms with Crippen molar-refractivity contribution in [1.29, 1.82) is 0 Å². The van der Waals surface area contributed by atoms with Gasteiger partial charge in [0.15, 0.2) is 0 Å². The summed E-state index contributed by atoms with van der Waals surface area (Å²) in [5.74, 6) is 0.652. The van der Waals surface area contributed by atoms with Crippen molar-refractivity contribution < 1.29 is 0 Å². The van der Waals surface area contributed by atoms with Crippen LogP contribution in [0.5, 0.6) is 0 Å². The van der Waals surface area contributed by atoms with E-state index in [9.17, 15) is 4.79 Å². The van der Waals surface area contributed by atoms with Gasteiger partial charge in [-0.25, -0.2) is 4.98 Å². The Morgan fingerprint density at radius 3 is 2.60 bits per heavy atom.